The van der Waals surface area contributed by atoms with Crippen LogP contribution < -0.4 is 16.0 Å². The van der Waals surface area contributed by atoms with Crippen molar-refractivity contribution in [3.05, 3.63) is 30.3 Å². The quantitative estimate of drug-likeness (QED) is 0.838. The third-order valence-electron chi connectivity index (χ3n) is 3.88. The SMILES string of the molecule is CNC1(CC(N)=O)CCN(c2ccccc2)CC1. The van der Waals surface area contributed by atoms with Gasteiger partial charge in [-0.1, -0.05) is 18.2 Å². The summed E-state index contributed by atoms with van der Waals surface area (Å²) in [7, 11) is 1.92. The number of primary amides is 1. The van der Waals surface area contributed by atoms with Gasteiger partial charge in [-0.15, -0.1) is 0 Å². The van der Waals surface area contributed by atoms with Crippen LogP contribution in [0.5, 0.6) is 0 Å². The molecular formula is C14H21N3O. The highest BCUT2D eigenvalue weighted by atomic mass is 16.1. The molecule has 0 aliphatic carbocycles. The summed E-state index contributed by atoms with van der Waals surface area (Å²) < 4.78 is 0. The number of benzene rings is 1. The molecule has 3 N–H and O–H groups in total. The average molecular weight is 247 g/mol. The van der Waals surface area contributed by atoms with E-state index in [1.54, 1.807) is 0 Å². The molecule has 1 aliphatic heterocycles. The zero-order valence-electron chi connectivity index (χ0n) is 10.9. The fourth-order valence-electron chi connectivity index (χ4n) is 2.68. The Morgan fingerprint density at radius 1 is 1.33 bits per heavy atom. The van der Waals surface area contributed by atoms with E-state index in [4.69, 9.17) is 5.73 Å². The lowest BCUT2D eigenvalue weighted by atomic mass is 9.84. The summed E-state index contributed by atoms with van der Waals surface area (Å²) in [4.78, 5) is 13.5. The first-order valence-electron chi connectivity index (χ1n) is 6.42. The van der Waals surface area contributed by atoms with Crippen molar-refractivity contribution in [3.8, 4) is 0 Å². The van der Waals surface area contributed by atoms with Crippen LogP contribution in [0.2, 0.25) is 0 Å². The highest BCUT2D eigenvalue weighted by Gasteiger charge is 2.34. The number of nitrogens with one attached hydrogen (secondary N) is 1. The molecule has 2 rings (SSSR count). The molecule has 4 nitrogen and oxygen atoms in total. The van der Waals surface area contributed by atoms with Gasteiger partial charge in [0, 0.05) is 30.7 Å². The van der Waals surface area contributed by atoms with E-state index in [1.165, 1.54) is 5.69 Å². The molecular weight excluding hydrogens is 226 g/mol. The topological polar surface area (TPSA) is 58.4 Å². The number of carbonyl (C=O) groups excluding carboxylic acids is 1. The summed E-state index contributed by atoms with van der Waals surface area (Å²) in [5.41, 5.74) is 6.47. The van der Waals surface area contributed by atoms with Gasteiger partial charge in [-0.3, -0.25) is 4.79 Å². The summed E-state index contributed by atoms with van der Waals surface area (Å²) in [6.07, 6.45) is 2.31. The Labute approximate surface area is 108 Å². The van der Waals surface area contributed by atoms with Crippen molar-refractivity contribution in [3.63, 3.8) is 0 Å². The van der Waals surface area contributed by atoms with Crippen molar-refractivity contribution >= 4 is 11.6 Å². The second-order valence-electron chi connectivity index (χ2n) is 5.00. The standard InChI is InChI=1S/C14H21N3O/c1-16-14(11-13(15)18)7-9-17(10-8-14)12-5-3-2-4-6-12/h2-6,16H,7-11H2,1H3,(H2,15,18). The van der Waals surface area contributed by atoms with Gasteiger partial charge in [0.2, 0.25) is 5.91 Å². The maximum absolute atomic E-state index is 11.2. The summed E-state index contributed by atoms with van der Waals surface area (Å²) in [6.45, 7) is 1.91. The van der Waals surface area contributed by atoms with Crippen LogP contribution in [0, 0.1) is 0 Å². The van der Waals surface area contributed by atoms with Gasteiger partial charge in [0.1, 0.15) is 0 Å². The molecule has 1 aromatic carbocycles. The van der Waals surface area contributed by atoms with Gasteiger partial charge in [0.25, 0.3) is 0 Å². The van der Waals surface area contributed by atoms with Crippen molar-refractivity contribution in [1.82, 2.24) is 5.32 Å². The van der Waals surface area contributed by atoms with E-state index in [0.717, 1.165) is 25.9 Å². The molecule has 4 heteroatoms. The fraction of sp³-hybridized carbons (Fsp3) is 0.500. The van der Waals surface area contributed by atoms with Crippen LogP contribution in [0.15, 0.2) is 30.3 Å². The second-order valence-corrected chi connectivity index (χ2v) is 5.00. The van der Waals surface area contributed by atoms with Gasteiger partial charge in [0.05, 0.1) is 0 Å². The van der Waals surface area contributed by atoms with Crippen LogP contribution in [0.25, 0.3) is 0 Å². The minimum Gasteiger partial charge on any atom is -0.371 e. The molecule has 0 radical (unpaired) electrons. The van der Waals surface area contributed by atoms with E-state index in [2.05, 4.69) is 34.5 Å². The smallest absolute Gasteiger partial charge is 0.219 e. The van der Waals surface area contributed by atoms with Gasteiger partial charge in [-0.2, -0.15) is 0 Å². The van der Waals surface area contributed by atoms with Gasteiger partial charge in [-0.25, -0.2) is 0 Å². The number of rotatable bonds is 4. The van der Waals surface area contributed by atoms with Crippen molar-refractivity contribution in [2.24, 2.45) is 5.73 Å². The fourth-order valence-corrected chi connectivity index (χ4v) is 2.68. The monoisotopic (exact) mass is 247 g/mol. The number of para-hydroxylation sites is 1. The third-order valence-corrected chi connectivity index (χ3v) is 3.88. The Morgan fingerprint density at radius 3 is 2.44 bits per heavy atom. The van der Waals surface area contributed by atoms with E-state index in [0.29, 0.717) is 6.42 Å². The zero-order valence-corrected chi connectivity index (χ0v) is 10.9. The largest absolute Gasteiger partial charge is 0.371 e. The Bertz CT molecular complexity index is 397. The summed E-state index contributed by atoms with van der Waals surface area (Å²) in [6, 6.07) is 10.4. The predicted molar refractivity (Wildman–Crippen MR) is 73.5 cm³/mol. The lowest BCUT2D eigenvalue weighted by Gasteiger charge is -2.42. The number of anilines is 1. The molecule has 98 valence electrons. The van der Waals surface area contributed by atoms with Crippen LogP contribution in [-0.2, 0) is 4.79 Å². The number of amides is 1. The van der Waals surface area contributed by atoms with E-state index in [1.807, 2.05) is 13.1 Å². The number of nitrogens with zero attached hydrogens (tertiary/aromatic N) is 1. The summed E-state index contributed by atoms with van der Waals surface area (Å²) >= 11 is 0. The molecule has 1 fully saturated rings. The molecule has 0 bridgehead atoms. The number of hydrogen-bond acceptors (Lipinski definition) is 3. The lowest BCUT2D eigenvalue weighted by molar-refractivity contribution is -0.119. The van der Waals surface area contributed by atoms with Crippen molar-refractivity contribution in [2.45, 2.75) is 24.8 Å². The molecule has 0 unspecified atom stereocenters. The van der Waals surface area contributed by atoms with Crippen molar-refractivity contribution in [2.75, 3.05) is 25.0 Å². The molecule has 1 saturated heterocycles. The normalized spacial score (nSPS) is 18.6. The Kier molecular flexibility index (Phi) is 3.87. The minimum atomic E-state index is -0.225. The Balaban J connectivity index is 2.00. The van der Waals surface area contributed by atoms with Crippen LogP contribution >= 0.6 is 0 Å². The van der Waals surface area contributed by atoms with E-state index >= 15 is 0 Å². The second kappa shape index (κ2) is 5.40. The van der Waals surface area contributed by atoms with E-state index in [9.17, 15) is 4.79 Å². The highest BCUT2D eigenvalue weighted by molar-refractivity contribution is 5.75. The molecule has 1 aromatic rings. The molecule has 1 heterocycles. The Morgan fingerprint density at radius 2 is 1.94 bits per heavy atom. The number of hydrogen-bond donors (Lipinski definition) is 2. The van der Waals surface area contributed by atoms with Gasteiger partial charge in [-0.05, 0) is 32.0 Å². The van der Waals surface area contributed by atoms with Crippen LogP contribution in [0.4, 0.5) is 5.69 Å². The predicted octanol–water partition coefficient (Wildman–Crippen LogP) is 1.12. The van der Waals surface area contributed by atoms with Gasteiger partial charge < -0.3 is 16.0 Å². The molecule has 18 heavy (non-hydrogen) atoms. The summed E-state index contributed by atoms with van der Waals surface area (Å²) in [5, 5.41) is 3.29. The minimum absolute atomic E-state index is 0.114. The highest BCUT2D eigenvalue weighted by Crippen LogP contribution is 2.28. The first-order chi connectivity index (χ1) is 8.65. The summed E-state index contributed by atoms with van der Waals surface area (Å²) in [5.74, 6) is -0.225. The zero-order chi connectivity index (χ0) is 13.0. The number of carbonyl (C=O) groups is 1. The molecule has 0 atom stereocenters. The third kappa shape index (κ3) is 2.82. The van der Waals surface area contributed by atoms with Gasteiger partial charge in [0.15, 0.2) is 0 Å². The molecule has 0 spiro atoms. The maximum atomic E-state index is 11.2. The Hall–Kier alpha value is -1.55. The maximum Gasteiger partial charge on any atom is 0.219 e. The average Bonchev–Trinajstić information content (AvgIpc) is 2.40. The van der Waals surface area contributed by atoms with Crippen molar-refractivity contribution < 1.29 is 4.79 Å². The number of piperidine rings is 1. The van der Waals surface area contributed by atoms with E-state index < -0.39 is 0 Å². The molecule has 1 amide bonds. The molecule has 0 saturated carbocycles. The number of nitrogens with two attached hydrogens (primary N) is 1. The van der Waals surface area contributed by atoms with E-state index in [-0.39, 0.29) is 11.4 Å². The lowest BCUT2D eigenvalue weighted by Crippen LogP contribution is -2.54. The first-order valence-corrected chi connectivity index (χ1v) is 6.42. The molecule has 0 aromatic heterocycles. The van der Waals surface area contributed by atoms with Crippen LogP contribution in [0.1, 0.15) is 19.3 Å². The van der Waals surface area contributed by atoms with Gasteiger partial charge >= 0.3 is 0 Å². The van der Waals surface area contributed by atoms with Crippen molar-refractivity contribution in [1.29, 1.82) is 0 Å². The van der Waals surface area contributed by atoms with Crippen LogP contribution in [0.3, 0.4) is 0 Å². The van der Waals surface area contributed by atoms with Crippen LogP contribution in [-0.4, -0.2) is 31.6 Å². The molecule has 1 aliphatic rings. The first kappa shape index (κ1) is 12.9.